The largest absolute Gasteiger partial charge is 0.507 e. The molecule has 4 N–H and O–H groups in total. The SMILES string of the molecule is CC(=O)c1c(O)c(C)c(O)c2c1OC1=CC(=O)/C(=C(/C)NCCS(=O)(=O)NC(C)C)C(=O)[C@]12C. The highest BCUT2D eigenvalue weighted by Gasteiger charge is 2.56. The third-order valence-corrected chi connectivity index (χ3v) is 7.51. The Morgan fingerprint density at radius 3 is 2.35 bits per heavy atom. The van der Waals surface area contributed by atoms with E-state index < -0.39 is 44.3 Å². The van der Waals surface area contributed by atoms with Gasteiger partial charge < -0.3 is 20.3 Å². The summed E-state index contributed by atoms with van der Waals surface area (Å²) >= 11 is 0. The van der Waals surface area contributed by atoms with E-state index in [0.29, 0.717) is 0 Å². The van der Waals surface area contributed by atoms with Gasteiger partial charge in [0.05, 0.1) is 16.9 Å². The first kappa shape index (κ1) is 25.4. The number of aromatic hydroxyl groups is 2. The van der Waals surface area contributed by atoms with Crippen LogP contribution in [-0.4, -0.2) is 54.3 Å². The first-order valence-corrected chi connectivity index (χ1v) is 12.3. The van der Waals surface area contributed by atoms with Crippen LogP contribution in [0, 0.1) is 6.92 Å². The molecule has 0 aromatic heterocycles. The smallest absolute Gasteiger partial charge is 0.213 e. The molecule has 1 atom stereocenters. The van der Waals surface area contributed by atoms with Gasteiger partial charge >= 0.3 is 0 Å². The molecule has 0 fully saturated rings. The highest BCUT2D eigenvalue weighted by molar-refractivity contribution is 7.89. The average Bonchev–Trinajstić information content (AvgIpc) is 2.98. The number of ether oxygens (including phenoxy) is 1. The van der Waals surface area contributed by atoms with E-state index in [1.807, 2.05) is 0 Å². The van der Waals surface area contributed by atoms with E-state index in [9.17, 15) is 33.0 Å². The van der Waals surface area contributed by atoms with Gasteiger partial charge in [0.2, 0.25) is 10.0 Å². The Morgan fingerprint density at radius 2 is 1.79 bits per heavy atom. The molecule has 0 radical (unpaired) electrons. The molecule has 2 aliphatic rings. The number of hydrogen-bond acceptors (Lipinski definition) is 9. The van der Waals surface area contributed by atoms with Crippen molar-refractivity contribution in [2.24, 2.45) is 0 Å². The second-order valence-corrected chi connectivity index (χ2v) is 10.8. The molecule has 1 aromatic carbocycles. The van der Waals surface area contributed by atoms with Gasteiger partial charge in [-0.25, -0.2) is 13.1 Å². The van der Waals surface area contributed by atoms with E-state index in [1.165, 1.54) is 27.7 Å². The van der Waals surface area contributed by atoms with E-state index in [-0.39, 0.29) is 57.8 Å². The Morgan fingerprint density at radius 1 is 1.18 bits per heavy atom. The number of carbonyl (C=O) groups is 3. The lowest BCUT2D eigenvalue weighted by atomic mass is 9.70. The van der Waals surface area contributed by atoms with Gasteiger partial charge in [-0.1, -0.05) is 0 Å². The van der Waals surface area contributed by atoms with Crippen LogP contribution in [0.25, 0.3) is 0 Å². The molecule has 184 valence electrons. The van der Waals surface area contributed by atoms with Crippen molar-refractivity contribution < 1.29 is 37.8 Å². The van der Waals surface area contributed by atoms with Gasteiger partial charge in [0.15, 0.2) is 17.3 Å². The van der Waals surface area contributed by atoms with Crippen LogP contribution in [-0.2, 0) is 25.0 Å². The predicted molar refractivity (Wildman–Crippen MR) is 123 cm³/mol. The van der Waals surface area contributed by atoms with Gasteiger partial charge in [0.25, 0.3) is 0 Å². The lowest BCUT2D eigenvalue weighted by molar-refractivity contribution is -0.123. The maximum absolute atomic E-state index is 13.6. The molecule has 0 saturated carbocycles. The van der Waals surface area contributed by atoms with Crippen LogP contribution in [0.3, 0.4) is 0 Å². The molecule has 34 heavy (non-hydrogen) atoms. The van der Waals surface area contributed by atoms with E-state index in [2.05, 4.69) is 10.0 Å². The third kappa shape index (κ3) is 3.98. The lowest BCUT2D eigenvalue weighted by Gasteiger charge is -2.29. The summed E-state index contributed by atoms with van der Waals surface area (Å²) in [5.74, 6) is -3.27. The Balaban J connectivity index is 2.05. The van der Waals surface area contributed by atoms with Gasteiger partial charge in [0, 0.05) is 29.9 Å². The maximum atomic E-state index is 13.6. The summed E-state index contributed by atoms with van der Waals surface area (Å²) in [4.78, 5) is 38.7. The van der Waals surface area contributed by atoms with E-state index in [0.717, 1.165) is 6.08 Å². The van der Waals surface area contributed by atoms with Crippen LogP contribution < -0.4 is 14.8 Å². The number of Topliss-reactive ketones (excluding diaryl/α,β-unsaturated/α-hetero) is 2. The van der Waals surface area contributed by atoms with Crippen LogP contribution in [0.15, 0.2) is 23.1 Å². The van der Waals surface area contributed by atoms with Crippen LogP contribution in [0.4, 0.5) is 0 Å². The Bertz CT molecular complexity index is 1290. The number of phenolic OH excluding ortho intramolecular Hbond substituents is 2. The fourth-order valence-corrected chi connectivity index (χ4v) is 5.45. The molecular weight excluding hydrogens is 464 g/mol. The van der Waals surface area contributed by atoms with Gasteiger partial charge in [-0.05, 0) is 41.5 Å². The fourth-order valence-electron chi connectivity index (χ4n) is 4.24. The van der Waals surface area contributed by atoms with Gasteiger partial charge in [-0.2, -0.15) is 0 Å². The van der Waals surface area contributed by atoms with Gasteiger partial charge in [-0.3, -0.25) is 14.4 Å². The molecule has 1 aliphatic carbocycles. The number of allylic oxidation sites excluding steroid dienone is 4. The fraction of sp³-hybridized carbons (Fsp3) is 0.435. The summed E-state index contributed by atoms with van der Waals surface area (Å²) in [7, 11) is -3.55. The number of sulfonamides is 1. The highest BCUT2D eigenvalue weighted by atomic mass is 32.2. The molecule has 0 bridgehead atoms. The first-order chi connectivity index (χ1) is 15.6. The van der Waals surface area contributed by atoms with Crippen molar-refractivity contribution in [3.05, 3.63) is 39.8 Å². The third-order valence-electron chi connectivity index (χ3n) is 5.94. The van der Waals surface area contributed by atoms with Crippen LogP contribution in [0.1, 0.15) is 56.1 Å². The Hall–Kier alpha value is -3.18. The average molecular weight is 493 g/mol. The quantitative estimate of drug-likeness (QED) is 0.251. The molecule has 0 amide bonds. The molecule has 3 rings (SSSR count). The zero-order valence-corrected chi connectivity index (χ0v) is 20.6. The number of nitrogens with one attached hydrogen (secondary N) is 2. The minimum absolute atomic E-state index is 0.00274. The number of phenols is 2. The number of benzene rings is 1. The van der Waals surface area contributed by atoms with Crippen molar-refractivity contribution in [3.63, 3.8) is 0 Å². The van der Waals surface area contributed by atoms with Crippen LogP contribution >= 0.6 is 0 Å². The van der Waals surface area contributed by atoms with Gasteiger partial charge in [0.1, 0.15) is 34.0 Å². The molecular formula is C23H28N2O8S. The zero-order valence-electron chi connectivity index (χ0n) is 19.8. The second kappa shape index (κ2) is 8.55. The number of carbonyl (C=O) groups excluding carboxylic acids is 3. The summed E-state index contributed by atoms with van der Waals surface area (Å²) < 4.78 is 32.2. The van der Waals surface area contributed by atoms with Crippen molar-refractivity contribution in [2.75, 3.05) is 12.3 Å². The summed E-state index contributed by atoms with van der Waals surface area (Å²) in [6.07, 6.45) is 1.11. The second-order valence-electron chi connectivity index (χ2n) is 8.90. The molecule has 1 aliphatic heterocycles. The summed E-state index contributed by atoms with van der Waals surface area (Å²) in [6, 6.07) is -0.271. The van der Waals surface area contributed by atoms with Crippen LogP contribution in [0.5, 0.6) is 17.2 Å². The number of rotatable bonds is 7. The Kier molecular flexibility index (Phi) is 6.40. The molecule has 1 heterocycles. The lowest BCUT2D eigenvalue weighted by Crippen LogP contribution is -2.41. The van der Waals surface area contributed by atoms with E-state index >= 15 is 0 Å². The van der Waals surface area contributed by atoms with Crippen molar-refractivity contribution in [1.82, 2.24) is 10.0 Å². The van der Waals surface area contributed by atoms with Crippen LogP contribution in [0.2, 0.25) is 0 Å². The monoisotopic (exact) mass is 492 g/mol. The standard InChI is InChI=1S/C23H28N2O8S/c1-10(2)25-34(31,32)8-7-24-12(4)16-14(27)9-15-23(6,22(16)30)18-20(29)11(3)19(28)17(13(5)26)21(18)33-15/h9-10,24-25,28-29H,7-8H2,1-6H3/b16-12+/t23-/m1/s1. The summed E-state index contributed by atoms with van der Waals surface area (Å²) in [5.41, 5.74) is -1.87. The maximum Gasteiger partial charge on any atom is 0.213 e. The Labute approximate surface area is 197 Å². The summed E-state index contributed by atoms with van der Waals surface area (Å²) in [5, 5.41) is 24.0. The minimum Gasteiger partial charge on any atom is -0.507 e. The number of ketones is 3. The van der Waals surface area contributed by atoms with Crippen molar-refractivity contribution in [3.8, 4) is 17.2 Å². The number of hydrogen-bond donors (Lipinski definition) is 4. The van der Waals surface area contributed by atoms with E-state index in [1.54, 1.807) is 13.8 Å². The normalized spacial score (nSPS) is 21.1. The highest BCUT2D eigenvalue weighted by Crippen LogP contribution is 2.57. The molecule has 1 aromatic rings. The zero-order chi connectivity index (χ0) is 25.7. The predicted octanol–water partition coefficient (Wildman–Crippen LogP) is 1.49. The van der Waals surface area contributed by atoms with Crippen molar-refractivity contribution in [1.29, 1.82) is 0 Å². The molecule has 10 nitrogen and oxygen atoms in total. The van der Waals surface area contributed by atoms with E-state index in [4.69, 9.17) is 4.74 Å². The number of fused-ring (bicyclic) bond motifs is 3. The summed E-state index contributed by atoms with van der Waals surface area (Å²) in [6.45, 7) is 8.89. The minimum atomic E-state index is -3.55. The molecule has 0 saturated heterocycles. The topological polar surface area (TPSA) is 159 Å². The molecule has 0 unspecified atom stereocenters. The molecule has 11 heteroatoms. The first-order valence-electron chi connectivity index (χ1n) is 10.7. The van der Waals surface area contributed by atoms with Crippen molar-refractivity contribution in [2.45, 2.75) is 53.0 Å². The van der Waals surface area contributed by atoms with Crippen molar-refractivity contribution >= 4 is 27.4 Å². The molecule has 0 spiro atoms. The van der Waals surface area contributed by atoms with Gasteiger partial charge in [-0.15, -0.1) is 0 Å².